The predicted octanol–water partition coefficient (Wildman–Crippen LogP) is 4.28. The fourth-order valence-electron chi connectivity index (χ4n) is 1.63. The third kappa shape index (κ3) is 3.60. The Morgan fingerprint density at radius 3 is 2.43 bits per heavy atom. The molecule has 4 nitrogen and oxygen atoms in total. The minimum absolute atomic E-state index is 0.0427. The van der Waals surface area contributed by atoms with Gasteiger partial charge in [0.1, 0.15) is 10.7 Å². The van der Waals surface area contributed by atoms with Crippen molar-refractivity contribution < 1.29 is 12.8 Å². The van der Waals surface area contributed by atoms with Crippen molar-refractivity contribution in [1.82, 2.24) is 0 Å². The molecule has 9 heteroatoms. The van der Waals surface area contributed by atoms with E-state index in [1.165, 1.54) is 24.3 Å². The summed E-state index contributed by atoms with van der Waals surface area (Å²) in [4.78, 5) is -0.308. The van der Waals surface area contributed by atoms with Gasteiger partial charge in [-0.1, -0.05) is 23.2 Å². The molecule has 0 fully saturated rings. The predicted molar refractivity (Wildman–Crippen MR) is 85.8 cm³/mol. The smallest absolute Gasteiger partial charge is 0.265 e. The number of halogens is 4. The summed E-state index contributed by atoms with van der Waals surface area (Å²) in [5, 5.41) is 0.0937. The van der Waals surface area contributed by atoms with Gasteiger partial charge in [-0.15, -0.1) is 0 Å². The molecule has 0 spiro atoms. The molecule has 0 radical (unpaired) electrons. The van der Waals surface area contributed by atoms with Gasteiger partial charge in [0.15, 0.2) is 0 Å². The summed E-state index contributed by atoms with van der Waals surface area (Å²) in [7, 11) is -4.07. The Kier molecular flexibility index (Phi) is 4.67. The molecular weight excluding hydrogens is 406 g/mol. The van der Waals surface area contributed by atoms with Crippen LogP contribution in [-0.2, 0) is 10.0 Å². The molecule has 0 heterocycles. The first-order valence-electron chi connectivity index (χ1n) is 5.43. The number of anilines is 2. The van der Waals surface area contributed by atoms with E-state index >= 15 is 0 Å². The van der Waals surface area contributed by atoms with E-state index in [-0.39, 0.29) is 30.8 Å². The highest BCUT2D eigenvalue weighted by Gasteiger charge is 2.22. The summed E-state index contributed by atoms with van der Waals surface area (Å²) in [5.74, 6) is -0.606. The standard InChI is InChI=1S/C12H8BrCl2FN2O2S/c13-8-2-1-7(5-10(8)16)18-21(19,20)12-9(15)3-6(14)4-11(12)17/h1-5,18H,17H2. The third-order valence-electron chi connectivity index (χ3n) is 2.48. The average molecular weight is 414 g/mol. The maximum absolute atomic E-state index is 13.4. The van der Waals surface area contributed by atoms with Crippen LogP contribution in [-0.4, -0.2) is 8.42 Å². The van der Waals surface area contributed by atoms with E-state index in [0.717, 1.165) is 6.07 Å². The third-order valence-corrected chi connectivity index (χ3v) is 5.25. The van der Waals surface area contributed by atoms with Crippen molar-refractivity contribution in [3.05, 3.63) is 50.7 Å². The molecular formula is C12H8BrCl2FN2O2S. The number of benzene rings is 2. The Balaban J connectivity index is 2.46. The van der Waals surface area contributed by atoms with Crippen LogP contribution >= 0.6 is 39.1 Å². The first kappa shape index (κ1) is 16.4. The molecule has 112 valence electrons. The Bertz CT molecular complexity index is 792. The van der Waals surface area contributed by atoms with E-state index in [9.17, 15) is 12.8 Å². The normalized spacial score (nSPS) is 11.4. The molecule has 0 atom stereocenters. The van der Waals surface area contributed by atoms with Gasteiger partial charge in [0, 0.05) is 5.02 Å². The van der Waals surface area contributed by atoms with Crippen LogP contribution in [0.2, 0.25) is 10.0 Å². The van der Waals surface area contributed by atoms with Gasteiger partial charge in [-0.3, -0.25) is 4.72 Å². The molecule has 0 aromatic heterocycles. The molecule has 2 aromatic carbocycles. The summed E-state index contributed by atoms with van der Waals surface area (Å²) in [5.41, 5.74) is 5.59. The van der Waals surface area contributed by atoms with Crippen LogP contribution in [0.25, 0.3) is 0 Å². The van der Waals surface area contributed by atoms with Gasteiger partial charge in [-0.2, -0.15) is 0 Å². The monoisotopic (exact) mass is 412 g/mol. The zero-order valence-corrected chi connectivity index (χ0v) is 14.1. The lowest BCUT2D eigenvalue weighted by molar-refractivity contribution is 0.601. The number of sulfonamides is 1. The van der Waals surface area contributed by atoms with Crippen molar-refractivity contribution in [2.45, 2.75) is 4.90 Å². The maximum Gasteiger partial charge on any atom is 0.265 e. The van der Waals surface area contributed by atoms with Gasteiger partial charge in [-0.05, 0) is 46.3 Å². The van der Waals surface area contributed by atoms with Crippen LogP contribution in [0.15, 0.2) is 39.7 Å². The molecule has 0 aliphatic carbocycles. The second-order valence-electron chi connectivity index (χ2n) is 4.04. The van der Waals surface area contributed by atoms with E-state index in [1.54, 1.807) is 0 Å². The fraction of sp³-hybridized carbons (Fsp3) is 0. The molecule has 0 saturated carbocycles. The van der Waals surface area contributed by atoms with Gasteiger partial charge >= 0.3 is 0 Å². The number of hydrogen-bond donors (Lipinski definition) is 2. The first-order valence-corrected chi connectivity index (χ1v) is 8.46. The maximum atomic E-state index is 13.4. The molecule has 3 N–H and O–H groups in total. The summed E-state index contributed by atoms with van der Waals surface area (Å²) in [6.07, 6.45) is 0. The molecule has 0 aliphatic rings. The topological polar surface area (TPSA) is 72.2 Å². The summed E-state index contributed by atoms with van der Waals surface area (Å²) in [6.45, 7) is 0. The number of nitrogen functional groups attached to an aromatic ring is 1. The highest BCUT2D eigenvalue weighted by molar-refractivity contribution is 9.10. The van der Waals surface area contributed by atoms with E-state index < -0.39 is 15.8 Å². The lowest BCUT2D eigenvalue weighted by atomic mass is 10.3. The van der Waals surface area contributed by atoms with E-state index in [2.05, 4.69) is 20.7 Å². The summed E-state index contributed by atoms with van der Waals surface area (Å²) < 4.78 is 40.4. The Morgan fingerprint density at radius 1 is 1.19 bits per heavy atom. The van der Waals surface area contributed by atoms with Crippen molar-refractivity contribution in [2.75, 3.05) is 10.5 Å². The molecule has 2 aromatic rings. The lowest BCUT2D eigenvalue weighted by Crippen LogP contribution is -2.15. The van der Waals surface area contributed by atoms with Crippen LogP contribution in [0.1, 0.15) is 0 Å². The summed E-state index contributed by atoms with van der Waals surface area (Å²) >= 11 is 14.6. The highest BCUT2D eigenvalue weighted by Crippen LogP contribution is 2.32. The number of nitrogens with two attached hydrogens (primary N) is 1. The number of nitrogens with one attached hydrogen (secondary N) is 1. The van der Waals surface area contributed by atoms with Crippen molar-refractivity contribution in [2.24, 2.45) is 0 Å². The van der Waals surface area contributed by atoms with Crippen molar-refractivity contribution in [1.29, 1.82) is 0 Å². The second-order valence-corrected chi connectivity index (χ2v) is 7.36. The van der Waals surface area contributed by atoms with Crippen LogP contribution in [0.4, 0.5) is 15.8 Å². The molecule has 21 heavy (non-hydrogen) atoms. The zero-order chi connectivity index (χ0) is 15.8. The van der Waals surface area contributed by atoms with E-state index in [4.69, 9.17) is 28.9 Å². The molecule has 0 saturated heterocycles. The molecule has 0 unspecified atom stereocenters. The molecule has 0 amide bonds. The lowest BCUT2D eigenvalue weighted by Gasteiger charge is -2.12. The molecule has 2 rings (SSSR count). The largest absolute Gasteiger partial charge is 0.398 e. The Morgan fingerprint density at radius 2 is 1.86 bits per heavy atom. The van der Waals surface area contributed by atoms with Crippen molar-refractivity contribution in [3.8, 4) is 0 Å². The van der Waals surface area contributed by atoms with Crippen LogP contribution < -0.4 is 10.5 Å². The van der Waals surface area contributed by atoms with Gasteiger partial charge in [-0.25, -0.2) is 12.8 Å². The van der Waals surface area contributed by atoms with Gasteiger partial charge in [0.2, 0.25) is 0 Å². The molecule has 0 bridgehead atoms. The van der Waals surface area contributed by atoms with Crippen LogP contribution in [0.3, 0.4) is 0 Å². The number of rotatable bonds is 3. The highest BCUT2D eigenvalue weighted by atomic mass is 79.9. The minimum atomic E-state index is -4.07. The Labute approximate surface area is 139 Å². The van der Waals surface area contributed by atoms with Gasteiger partial charge < -0.3 is 5.73 Å². The quantitative estimate of drug-likeness (QED) is 0.737. The SMILES string of the molecule is Nc1cc(Cl)cc(Cl)c1S(=O)(=O)Nc1ccc(Br)c(F)c1. The summed E-state index contributed by atoms with van der Waals surface area (Å²) in [6, 6.07) is 6.33. The fourth-order valence-corrected chi connectivity index (χ4v) is 3.91. The Hall–Kier alpha value is -1.02. The minimum Gasteiger partial charge on any atom is -0.398 e. The first-order chi connectivity index (χ1) is 9.70. The van der Waals surface area contributed by atoms with Gasteiger partial charge in [0.25, 0.3) is 10.0 Å². The molecule has 0 aliphatic heterocycles. The van der Waals surface area contributed by atoms with Crippen molar-refractivity contribution >= 4 is 60.5 Å². The van der Waals surface area contributed by atoms with E-state index in [1.807, 2.05) is 0 Å². The van der Waals surface area contributed by atoms with Crippen LogP contribution in [0, 0.1) is 5.82 Å². The van der Waals surface area contributed by atoms with Crippen LogP contribution in [0.5, 0.6) is 0 Å². The second kappa shape index (κ2) is 6.00. The average Bonchev–Trinajstić information content (AvgIpc) is 2.31. The van der Waals surface area contributed by atoms with E-state index in [0.29, 0.717) is 0 Å². The zero-order valence-electron chi connectivity index (χ0n) is 10.2. The van der Waals surface area contributed by atoms with Crippen molar-refractivity contribution in [3.63, 3.8) is 0 Å². The van der Waals surface area contributed by atoms with Gasteiger partial charge in [0.05, 0.1) is 20.9 Å². The number of hydrogen-bond acceptors (Lipinski definition) is 3.